The van der Waals surface area contributed by atoms with Crippen LogP contribution in [0, 0.1) is 0 Å². The van der Waals surface area contributed by atoms with Crippen molar-refractivity contribution in [2.45, 2.75) is 6.04 Å². The number of aryl methyl sites for hydroxylation is 1. The Morgan fingerprint density at radius 1 is 1.38 bits per heavy atom. The van der Waals surface area contributed by atoms with E-state index in [4.69, 9.17) is 5.73 Å². The van der Waals surface area contributed by atoms with Crippen LogP contribution in [0.4, 0.5) is 5.00 Å². The number of hydrogen-bond donors (Lipinski definition) is 2. The van der Waals surface area contributed by atoms with E-state index in [1.54, 1.807) is 23.7 Å². The minimum atomic E-state index is 0.0664. The third-order valence-corrected chi connectivity index (χ3v) is 4.22. The van der Waals surface area contributed by atoms with Crippen LogP contribution in [0.2, 0.25) is 0 Å². The lowest BCUT2D eigenvalue weighted by Gasteiger charge is -2.16. The van der Waals surface area contributed by atoms with Gasteiger partial charge in [0.1, 0.15) is 0 Å². The van der Waals surface area contributed by atoms with Gasteiger partial charge < -0.3 is 11.1 Å². The zero-order valence-electron chi connectivity index (χ0n) is 11.7. The molecule has 0 amide bonds. The van der Waals surface area contributed by atoms with Crippen molar-refractivity contribution in [3.63, 3.8) is 0 Å². The summed E-state index contributed by atoms with van der Waals surface area (Å²) in [7, 11) is 1.94. The second-order valence-electron chi connectivity index (χ2n) is 4.76. The summed E-state index contributed by atoms with van der Waals surface area (Å²) in [6, 6.07) is 8.16. The fourth-order valence-corrected chi connectivity index (χ4v) is 3.08. The van der Waals surface area contributed by atoms with Gasteiger partial charge in [0.2, 0.25) is 0 Å². The molecule has 0 aliphatic heterocycles. The predicted molar refractivity (Wildman–Crippen MR) is 86.2 cm³/mol. The molecule has 0 fully saturated rings. The molecule has 5 nitrogen and oxygen atoms in total. The molecule has 0 radical (unpaired) electrons. The lowest BCUT2D eigenvalue weighted by Crippen LogP contribution is -2.20. The highest BCUT2D eigenvalue weighted by Crippen LogP contribution is 2.30. The maximum absolute atomic E-state index is 5.88. The molecule has 3 rings (SSSR count). The van der Waals surface area contributed by atoms with E-state index in [-0.39, 0.29) is 6.04 Å². The number of nitrogens with one attached hydrogen (secondary N) is 1. The van der Waals surface area contributed by atoms with Crippen molar-refractivity contribution in [3.05, 3.63) is 53.8 Å². The summed E-state index contributed by atoms with van der Waals surface area (Å²) in [5.74, 6) is 0. The quantitative estimate of drug-likeness (QED) is 0.760. The zero-order chi connectivity index (χ0) is 14.7. The summed E-state index contributed by atoms with van der Waals surface area (Å²) in [6.45, 7) is 0.518. The molecule has 0 aliphatic rings. The Morgan fingerprint density at radius 3 is 2.95 bits per heavy atom. The molecule has 21 heavy (non-hydrogen) atoms. The first kappa shape index (κ1) is 13.8. The molecule has 0 unspecified atom stereocenters. The molecule has 1 atom stereocenters. The maximum Gasteiger partial charge on any atom is 0.0894 e. The average Bonchev–Trinajstić information content (AvgIpc) is 3.14. The molecule has 0 bridgehead atoms. The summed E-state index contributed by atoms with van der Waals surface area (Å²) in [5, 5.41) is 10.9. The Hall–Kier alpha value is -2.18. The first-order chi connectivity index (χ1) is 10.3. The van der Waals surface area contributed by atoms with E-state index in [0.717, 1.165) is 21.8 Å². The molecule has 6 heteroatoms. The molecule has 0 saturated carbocycles. The molecule has 3 aromatic heterocycles. The molecule has 0 aromatic carbocycles. The van der Waals surface area contributed by atoms with Crippen molar-refractivity contribution in [2.75, 3.05) is 11.9 Å². The highest BCUT2D eigenvalue weighted by atomic mass is 32.1. The van der Waals surface area contributed by atoms with Crippen LogP contribution in [0.1, 0.15) is 11.6 Å². The molecule has 3 N–H and O–H groups in total. The van der Waals surface area contributed by atoms with E-state index in [0.29, 0.717) is 6.54 Å². The van der Waals surface area contributed by atoms with Gasteiger partial charge in [-0.05, 0) is 23.8 Å². The van der Waals surface area contributed by atoms with Crippen molar-refractivity contribution in [1.29, 1.82) is 0 Å². The normalized spacial score (nSPS) is 12.3. The van der Waals surface area contributed by atoms with Gasteiger partial charge >= 0.3 is 0 Å². The molecule has 108 valence electrons. The van der Waals surface area contributed by atoms with Gasteiger partial charge in [-0.2, -0.15) is 5.10 Å². The van der Waals surface area contributed by atoms with Crippen molar-refractivity contribution in [2.24, 2.45) is 12.8 Å². The van der Waals surface area contributed by atoms with Gasteiger partial charge in [-0.15, -0.1) is 11.3 Å². The standard InChI is InChI=1S/C15H17N5S/c1-20-14(4-6-18-20)12-7-15(21-10-12)19-13(8-16)11-3-2-5-17-9-11/h2-7,9-10,13,19H,8,16H2,1H3/t13-/m1/s1. The van der Waals surface area contributed by atoms with Gasteiger partial charge in [0.25, 0.3) is 0 Å². The fourth-order valence-electron chi connectivity index (χ4n) is 2.24. The number of aromatic nitrogens is 3. The number of thiophene rings is 1. The van der Waals surface area contributed by atoms with Gasteiger partial charge in [-0.3, -0.25) is 9.67 Å². The summed E-state index contributed by atoms with van der Waals surface area (Å²) >= 11 is 1.67. The fraction of sp³-hybridized carbons (Fsp3) is 0.200. The van der Waals surface area contributed by atoms with Gasteiger partial charge in [-0.25, -0.2) is 0 Å². The lowest BCUT2D eigenvalue weighted by molar-refractivity contribution is 0.776. The van der Waals surface area contributed by atoms with Crippen LogP contribution >= 0.6 is 11.3 Å². The van der Waals surface area contributed by atoms with Crippen molar-refractivity contribution in [1.82, 2.24) is 14.8 Å². The second-order valence-corrected chi connectivity index (χ2v) is 5.67. The first-order valence-corrected chi connectivity index (χ1v) is 7.59. The summed E-state index contributed by atoms with van der Waals surface area (Å²) < 4.78 is 1.87. The third-order valence-electron chi connectivity index (χ3n) is 3.36. The Morgan fingerprint density at radius 2 is 2.29 bits per heavy atom. The minimum absolute atomic E-state index is 0.0664. The van der Waals surface area contributed by atoms with Crippen molar-refractivity contribution >= 4 is 16.3 Å². The molecule has 0 spiro atoms. The lowest BCUT2D eigenvalue weighted by atomic mass is 10.1. The van der Waals surface area contributed by atoms with Crippen LogP contribution in [-0.2, 0) is 7.05 Å². The molecular formula is C15H17N5S. The van der Waals surface area contributed by atoms with Crippen LogP contribution in [-0.4, -0.2) is 21.3 Å². The monoisotopic (exact) mass is 299 g/mol. The largest absolute Gasteiger partial charge is 0.369 e. The molecule has 3 aromatic rings. The maximum atomic E-state index is 5.88. The van der Waals surface area contributed by atoms with Gasteiger partial charge in [0.15, 0.2) is 0 Å². The van der Waals surface area contributed by atoms with Crippen LogP contribution < -0.4 is 11.1 Å². The van der Waals surface area contributed by atoms with E-state index < -0.39 is 0 Å². The molecule has 0 aliphatic carbocycles. The Kier molecular flexibility index (Phi) is 3.98. The highest BCUT2D eigenvalue weighted by molar-refractivity contribution is 7.14. The summed E-state index contributed by atoms with van der Waals surface area (Å²) in [4.78, 5) is 4.15. The van der Waals surface area contributed by atoms with Gasteiger partial charge in [0.05, 0.1) is 16.7 Å². The minimum Gasteiger partial charge on any atom is -0.369 e. The van der Waals surface area contributed by atoms with Crippen molar-refractivity contribution < 1.29 is 0 Å². The molecular weight excluding hydrogens is 282 g/mol. The van der Waals surface area contributed by atoms with Crippen LogP contribution in [0.5, 0.6) is 0 Å². The summed E-state index contributed by atoms with van der Waals surface area (Å²) in [5.41, 5.74) is 9.23. The van der Waals surface area contributed by atoms with Crippen LogP contribution in [0.15, 0.2) is 48.2 Å². The first-order valence-electron chi connectivity index (χ1n) is 6.71. The van der Waals surface area contributed by atoms with E-state index in [2.05, 4.69) is 26.8 Å². The molecule has 0 saturated heterocycles. The topological polar surface area (TPSA) is 68.8 Å². The van der Waals surface area contributed by atoms with E-state index in [1.807, 2.05) is 36.1 Å². The van der Waals surface area contributed by atoms with E-state index in [9.17, 15) is 0 Å². The Bertz CT molecular complexity index is 704. The zero-order valence-corrected chi connectivity index (χ0v) is 12.5. The van der Waals surface area contributed by atoms with E-state index >= 15 is 0 Å². The second kappa shape index (κ2) is 6.07. The van der Waals surface area contributed by atoms with Gasteiger partial charge in [-0.1, -0.05) is 6.07 Å². The molecule has 3 heterocycles. The van der Waals surface area contributed by atoms with Crippen LogP contribution in [0.25, 0.3) is 11.3 Å². The number of hydrogen-bond acceptors (Lipinski definition) is 5. The predicted octanol–water partition coefficient (Wildman–Crippen LogP) is 2.66. The Balaban J connectivity index is 1.79. The smallest absolute Gasteiger partial charge is 0.0894 e. The Labute approximate surface area is 127 Å². The SMILES string of the molecule is Cn1nccc1-c1csc(N[C@H](CN)c2cccnc2)c1. The number of pyridine rings is 1. The average molecular weight is 299 g/mol. The van der Waals surface area contributed by atoms with Gasteiger partial charge in [0, 0.05) is 43.1 Å². The van der Waals surface area contributed by atoms with E-state index in [1.165, 1.54) is 0 Å². The summed E-state index contributed by atoms with van der Waals surface area (Å²) in [6.07, 6.45) is 5.42. The third kappa shape index (κ3) is 2.96. The number of rotatable bonds is 5. The highest BCUT2D eigenvalue weighted by Gasteiger charge is 2.12. The number of anilines is 1. The number of nitrogens with two attached hydrogens (primary N) is 1. The van der Waals surface area contributed by atoms with Crippen molar-refractivity contribution in [3.8, 4) is 11.3 Å². The number of nitrogens with zero attached hydrogens (tertiary/aromatic N) is 3. The van der Waals surface area contributed by atoms with Crippen LogP contribution in [0.3, 0.4) is 0 Å².